The van der Waals surface area contributed by atoms with E-state index in [1.165, 1.54) is 18.3 Å². The van der Waals surface area contributed by atoms with Crippen molar-refractivity contribution >= 4 is 33.1 Å². The van der Waals surface area contributed by atoms with Gasteiger partial charge >= 0.3 is 0 Å². The molecule has 2 aromatic carbocycles. The van der Waals surface area contributed by atoms with Crippen LogP contribution in [0.1, 0.15) is 5.56 Å². The number of halogens is 1. The Balaban J connectivity index is 1.61. The summed E-state index contributed by atoms with van der Waals surface area (Å²) in [6.45, 7) is 5.80. The second-order valence-electron chi connectivity index (χ2n) is 8.10. The lowest BCUT2D eigenvalue weighted by atomic mass is 9.96. The van der Waals surface area contributed by atoms with Gasteiger partial charge in [-0.05, 0) is 29.7 Å². The van der Waals surface area contributed by atoms with Gasteiger partial charge in [0, 0.05) is 65.9 Å². The number of carbonyl (C=O) groups excluding carboxylic acids is 1. The quantitative estimate of drug-likeness (QED) is 0.374. The van der Waals surface area contributed by atoms with Gasteiger partial charge in [0.1, 0.15) is 11.4 Å². The number of amides is 1. The molecule has 0 radical (unpaired) electrons. The number of hydrogen-bond acceptors (Lipinski definition) is 5. The van der Waals surface area contributed by atoms with E-state index in [2.05, 4.69) is 27.4 Å². The van der Waals surface area contributed by atoms with Crippen LogP contribution in [-0.4, -0.2) is 52.1 Å². The Bertz CT molecular complexity index is 1500. The number of nitrogens with zero attached hydrogens (tertiary/aromatic N) is 4. The molecule has 0 spiro atoms. The first kappa shape index (κ1) is 21.4. The average Bonchev–Trinajstić information content (AvgIpc) is 2.87. The molecule has 3 heterocycles. The van der Waals surface area contributed by atoms with Crippen molar-refractivity contribution in [3.63, 3.8) is 0 Å². The fraction of sp³-hybridized carbons (Fsp3) is 0.148. The van der Waals surface area contributed by atoms with Gasteiger partial charge in [-0.2, -0.15) is 0 Å². The molecule has 1 amide bonds. The highest BCUT2D eigenvalue weighted by Crippen LogP contribution is 2.38. The Hall–Kier alpha value is -4.44. The molecule has 4 aromatic rings. The fourth-order valence-corrected chi connectivity index (χ4v) is 4.54. The largest absolute Gasteiger partial charge is 0.508 e. The van der Waals surface area contributed by atoms with Crippen LogP contribution >= 0.6 is 0 Å². The van der Waals surface area contributed by atoms with Crippen LogP contribution < -0.4 is 4.90 Å². The number of benzene rings is 2. The minimum Gasteiger partial charge on any atom is -0.508 e. The first-order valence-corrected chi connectivity index (χ1v) is 10.8. The van der Waals surface area contributed by atoms with E-state index in [-0.39, 0.29) is 17.4 Å². The van der Waals surface area contributed by atoms with Crippen LogP contribution in [0, 0.1) is 18.2 Å². The van der Waals surface area contributed by atoms with Crippen molar-refractivity contribution in [3.05, 3.63) is 73.0 Å². The number of hydrogen-bond donors (Lipinski definition) is 1. The zero-order valence-electron chi connectivity index (χ0n) is 18.3. The summed E-state index contributed by atoms with van der Waals surface area (Å²) in [6, 6.07) is 8.46. The minimum atomic E-state index is -0.536. The molecule has 1 N–H and O–H groups in total. The number of anilines is 1. The number of carbonyl (C=O) groups is 1. The zero-order valence-corrected chi connectivity index (χ0v) is 18.3. The number of pyridine rings is 2. The molecule has 1 saturated heterocycles. The number of piperazine rings is 1. The van der Waals surface area contributed by atoms with Gasteiger partial charge in [-0.3, -0.25) is 14.8 Å². The monoisotopic (exact) mass is 452 g/mol. The first-order valence-electron chi connectivity index (χ1n) is 10.8. The summed E-state index contributed by atoms with van der Waals surface area (Å²) in [4.78, 5) is 24.4. The van der Waals surface area contributed by atoms with Crippen molar-refractivity contribution in [1.82, 2.24) is 14.9 Å². The standard InChI is InChI=1S/C27H21FN4O2/c1-3-17-6-5-7-18-12-19(33)13-20(25(17)18)27-26(28)22-14-29-16-23(21(22)15-30-27)31-8-10-32(11-9-31)24(34)4-2/h1,4-7,12-16,33H,2,8-11H2. The molecule has 0 unspecified atom stereocenters. The van der Waals surface area contributed by atoms with Gasteiger partial charge in [0.15, 0.2) is 5.82 Å². The Morgan fingerprint density at radius 2 is 1.94 bits per heavy atom. The molecular formula is C27H21FN4O2. The molecule has 7 heteroatoms. The van der Waals surface area contributed by atoms with E-state index in [4.69, 9.17) is 6.42 Å². The summed E-state index contributed by atoms with van der Waals surface area (Å²) in [5.41, 5.74) is 1.86. The Morgan fingerprint density at radius 3 is 2.68 bits per heavy atom. The Kier molecular flexibility index (Phi) is 5.34. The fourth-order valence-electron chi connectivity index (χ4n) is 4.54. The number of rotatable bonds is 3. The summed E-state index contributed by atoms with van der Waals surface area (Å²) in [5, 5.41) is 12.6. The van der Waals surface area contributed by atoms with Crippen LogP contribution in [0.4, 0.5) is 10.1 Å². The van der Waals surface area contributed by atoms with Gasteiger partial charge in [-0.1, -0.05) is 24.6 Å². The molecule has 1 aliphatic heterocycles. The maximum Gasteiger partial charge on any atom is 0.246 e. The summed E-state index contributed by atoms with van der Waals surface area (Å²) in [7, 11) is 0. The Morgan fingerprint density at radius 1 is 1.15 bits per heavy atom. The van der Waals surface area contributed by atoms with E-state index < -0.39 is 5.82 Å². The lowest BCUT2D eigenvalue weighted by molar-refractivity contribution is -0.126. The third-order valence-corrected chi connectivity index (χ3v) is 6.21. The van der Waals surface area contributed by atoms with Crippen LogP contribution in [0.2, 0.25) is 0 Å². The molecule has 0 aliphatic carbocycles. The van der Waals surface area contributed by atoms with Crippen LogP contribution in [0.15, 0.2) is 61.6 Å². The molecule has 168 valence electrons. The highest BCUT2D eigenvalue weighted by atomic mass is 19.1. The topological polar surface area (TPSA) is 69.6 Å². The number of phenolic OH excluding ortho intramolecular Hbond substituents is 1. The summed E-state index contributed by atoms with van der Waals surface area (Å²) >= 11 is 0. The normalized spacial score (nSPS) is 13.8. The van der Waals surface area contributed by atoms with Crippen LogP contribution in [0.3, 0.4) is 0 Å². The second kappa shape index (κ2) is 8.49. The van der Waals surface area contributed by atoms with E-state index in [1.807, 2.05) is 6.07 Å². The van der Waals surface area contributed by atoms with Gasteiger partial charge in [0.2, 0.25) is 5.91 Å². The molecule has 5 rings (SSSR count). The molecule has 34 heavy (non-hydrogen) atoms. The van der Waals surface area contributed by atoms with Gasteiger partial charge in [-0.15, -0.1) is 6.42 Å². The molecular weight excluding hydrogens is 431 g/mol. The highest BCUT2D eigenvalue weighted by Gasteiger charge is 2.23. The van der Waals surface area contributed by atoms with E-state index >= 15 is 4.39 Å². The summed E-state index contributed by atoms with van der Waals surface area (Å²) < 4.78 is 15.9. The van der Waals surface area contributed by atoms with E-state index in [9.17, 15) is 9.90 Å². The molecule has 1 fully saturated rings. The third-order valence-electron chi connectivity index (χ3n) is 6.21. The lowest BCUT2D eigenvalue weighted by Crippen LogP contribution is -2.48. The second-order valence-corrected chi connectivity index (χ2v) is 8.10. The maximum atomic E-state index is 15.9. The number of aromatic nitrogens is 2. The van der Waals surface area contributed by atoms with Crippen molar-refractivity contribution < 1.29 is 14.3 Å². The maximum absolute atomic E-state index is 15.9. The lowest BCUT2D eigenvalue weighted by Gasteiger charge is -2.36. The summed E-state index contributed by atoms with van der Waals surface area (Å²) in [5.74, 6) is 2.00. The highest BCUT2D eigenvalue weighted by molar-refractivity contribution is 6.03. The van der Waals surface area contributed by atoms with Crippen molar-refractivity contribution in [2.45, 2.75) is 0 Å². The number of phenols is 1. The summed E-state index contributed by atoms with van der Waals surface area (Å²) in [6.07, 6.45) is 11.8. The van der Waals surface area contributed by atoms with Crippen LogP contribution in [0.25, 0.3) is 32.8 Å². The number of terminal acetylenes is 1. The van der Waals surface area contributed by atoms with E-state index in [0.717, 1.165) is 5.69 Å². The molecule has 2 aromatic heterocycles. The smallest absolute Gasteiger partial charge is 0.246 e. The van der Waals surface area contributed by atoms with Crippen LogP contribution in [0.5, 0.6) is 5.75 Å². The van der Waals surface area contributed by atoms with E-state index in [1.54, 1.807) is 35.5 Å². The first-order chi connectivity index (χ1) is 16.5. The predicted molar refractivity (Wildman–Crippen MR) is 131 cm³/mol. The third kappa shape index (κ3) is 3.50. The SMILES string of the molecule is C#Cc1cccc2cc(O)cc(-c3ncc4c(N5CCN(C(=O)C=C)CC5)cncc4c3F)c12. The predicted octanol–water partition coefficient (Wildman–Crippen LogP) is 4.11. The zero-order chi connectivity index (χ0) is 23.8. The van der Waals surface area contributed by atoms with E-state index in [0.29, 0.717) is 58.9 Å². The van der Waals surface area contributed by atoms with Gasteiger partial charge in [0.25, 0.3) is 0 Å². The minimum absolute atomic E-state index is 0.00298. The van der Waals surface area contributed by atoms with Gasteiger partial charge in [-0.25, -0.2) is 4.39 Å². The average molecular weight is 452 g/mol. The molecule has 1 aliphatic rings. The molecule has 0 atom stereocenters. The van der Waals surface area contributed by atoms with Crippen molar-refractivity contribution in [2.24, 2.45) is 0 Å². The molecule has 6 nitrogen and oxygen atoms in total. The molecule has 0 bridgehead atoms. The number of aromatic hydroxyl groups is 1. The van der Waals surface area contributed by atoms with Crippen molar-refractivity contribution in [1.29, 1.82) is 0 Å². The molecule has 0 saturated carbocycles. The number of fused-ring (bicyclic) bond motifs is 2. The van der Waals surface area contributed by atoms with Gasteiger partial charge in [0.05, 0.1) is 11.9 Å². The van der Waals surface area contributed by atoms with Crippen LogP contribution in [-0.2, 0) is 4.79 Å². The Labute approximate surface area is 196 Å². The van der Waals surface area contributed by atoms with Crippen molar-refractivity contribution in [3.8, 4) is 29.4 Å². The van der Waals surface area contributed by atoms with Gasteiger partial charge < -0.3 is 14.9 Å². The van der Waals surface area contributed by atoms with Crippen molar-refractivity contribution in [2.75, 3.05) is 31.1 Å².